The number of carbonyl (C=O) groups is 2. The maximum Gasteiger partial charge on any atom is 0.331 e. The molecule has 0 atom stereocenters. The molecule has 9 heteroatoms. The van der Waals surface area contributed by atoms with Crippen molar-refractivity contribution in [2.75, 3.05) is 31.8 Å². The molecule has 32 heavy (non-hydrogen) atoms. The Balaban J connectivity index is 1.59. The van der Waals surface area contributed by atoms with Gasteiger partial charge in [0.05, 0.1) is 17.3 Å². The zero-order valence-corrected chi connectivity index (χ0v) is 18.4. The number of anilines is 1. The highest BCUT2D eigenvalue weighted by Crippen LogP contribution is 2.29. The van der Waals surface area contributed by atoms with Crippen LogP contribution in [0.3, 0.4) is 0 Å². The number of methoxy groups -OCH3 is 1. The van der Waals surface area contributed by atoms with Crippen LogP contribution in [0.4, 0.5) is 5.13 Å². The molecule has 0 N–H and O–H groups in total. The van der Waals surface area contributed by atoms with Crippen molar-refractivity contribution < 1.29 is 23.8 Å². The largest absolute Gasteiger partial charge is 0.493 e. The SMILES string of the molecule is CCN(C(=O)COC(=O)/C=C/c1ccc(OCC#N)c(OC)c1)c1nc2ccccc2s1. The van der Waals surface area contributed by atoms with Gasteiger partial charge in [-0.2, -0.15) is 5.26 Å². The topological polar surface area (TPSA) is 102 Å². The van der Waals surface area contributed by atoms with Gasteiger partial charge in [-0.05, 0) is 42.8 Å². The predicted molar refractivity (Wildman–Crippen MR) is 122 cm³/mol. The molecule has 8 nitrogen and oxygen atoms in total. The molecule has 1 aromatic heterocycles. The Bertz CT molecular complexity index is 1150. The van der Waals surface area contributed by atoms with Gasteiger partial charge in [0.2, 0.25) is 0 Å². The van der Waals surface area contributed by atoms with Crippen molar-refractivity contribution in [3.8, 4) is 17.6 Å². The van der Waals surface area contributed by atoms with Gasteiger partial charge in [0.1, 0.15) is 6.07 Å². The van der Waals surface area contributed by atoms with E-state index < -0.39 is 12.6 Å². The number of fused-ring (bicyclic) bond motifs is 1. The monoisotopic (exact) mass is 451 g/mol. The summed E-state index contributed by atoms with van der Waals surface area (Å²) in [7, 11) is 1.48. The van der Waals surface area contributed by atoms with E-state index in [1.165, 1.54) is 35.5 Å². The molecule has 164 valence electrons. The summed E-state index contributed by atoms with van der Waals surface area (Å²) < 4.78 is 16.6. The molecular weight excluding hydrogens is 430 g/mol. The summed E-state index contributed by atoms with van der Waals surface area (Å²) in [6.45, 7) is 1.75. The third-order valence-corrected chi connectivity index (χ3v) is 5.42. The molecular formula is C23H21N3O5S. The highest BCUT2D eigenvalue weighted by Gasteiger charge is 2.19. The van der Waals surface area contributed by atoms with Gasteiger partial charge in [0.25, 0.3) is 5.91 Å². The second kappa shape index (κ2) is 10.9. The highest BCUT2D eigenvalue weighted by atomic mass is 32.1. The molecule has 0 spiro atoms. The minimum atomic E-state index is -0.650. The number of hydrogen-bond donors (Lipinski definition) is 0. The van der Waals surface area contributed by atoms with E-state index in [1.54, 1.807) is 18.2 Å². The van der Waals surface area contributed by atoms with E-state index in [9.17, 15) is 9.59 Å². The second-order valence-electron chi connectivity index (χ2n) is 6.40. The Morgan fingerprint density at radius 1 is 1.22 bits per heavy atom. The van der Waals surface area contributed by atoms with E-state index in [1.807, 2.05) is 37.3 Å². The normalized spacial score (nSPS) is 10.7. The number of nitriles is 1. The van der Waals surface area contributed by atoms with Gasteiger partial charge >= 0.3 is 5.97 Å². The lowest BCUT2D eigenvalue weighted by atomic mass is 10.2. The van der Waals surface area contributed by atoms with Crippen molar-refractivity contribution in [3.05, 3.63) is 54.1 Å². The molecule has 1 amide bonds. The number of amides is 1. The second-order valence-corrected chi connectivity index (χ2v) is 7.41. The number of para-hydroxylation sites is 1. The smallest absolute Gasteiger partial charge is 0.331 e. The molecule has 3 aromatic rings. The van der Waals surface area contributed by atoms with Gasteiger partial charge in [0, 0.05) is 12.6 Å². The molecule has 0 saturated carbocycles. The molecule has 0 unspecified atom stereocenters. The van der Waals surface area contributed by atoms with Crippen molar-refractivity contribution in [2.45, 2.75) is 6.92 Å². The van der Waals surface area contributed by atoms with Crippen molar-refractivity contribution in [1.82, 2.24) is 4.98 Å². The average molecular weight is 452 g/mol. The van der Waals surface area contributed by atoms with Gasteiger partial charge in [-0.25, -0.2) is 9.78 Å². The van der Waals surface area contributed by atoms with Crippen molar-refractivity contribution in [3.63, 3.8) is 0 Å². The number of thiazole rings is 1. The van der Waals surface area contributed by atoms with Crippen LogP contribution in [0, 0.1) is 11.3 Å². The van der Waals surface area contributed by atoms with Crippen LogP contribution in [0.25, 0.3) is 16.3 Å². The first-order valence-electron chi connectivity index (χ1n) is 9.74. The zero-order chi connectivity index (χ0) is 22.9. The first-order valence-corrected chi connectivity index (χ1v) is 10.6. The third kappa shape index (κ3) is 5.62. The Labute approximate surface area is 189 Å². The minimum absolute atomic E-state index is 0.0995. The number of benzene rings is 2. The van der Waals surface area contributed by atoms with Crippen molar-refractivity contribution in [1.29, 1.82) is 5.26 Å². The summed E-state index contributed by atoms with van der Waals surface area (Å²) in [5, 5.41) is 9.19. The van der Waals surface area contributed by atoms with Crippen LogP contribution in [0.1, 0.15) is 12.5 Å². The molecule has 2 aromatic carbocycles. The van der Waals surface area contributed by atoms with Crippen LogP contribution in [0.15, 0.2) is 48.5 Å². The third-order valence-electron chi connectivity index (χ3n) is 4.36. The number of rotatable bonds is 9. The zero-order valence-electron chi connectivity index (χ0n) is 17.6. The standard InChI is InChI=1S/C23H21N3O5S/c1-3-26(23-25-17-6-4-5-7-20(17)32-23)21(27)15-31-22(28)11-9-16-8-10-18(30-13-12-24)19(14-16)29-2/h4-11,14H,3,13,15H2,1-2H3/b11-9+. The average Bonchev–Trinajstić information content (AvgIpc) is 3.24. The van der Waals surface area contributed by atoms with Crippen LogP contribution in [0.2, 0.25) is 0 Å². The minimum Gasteiger partial charge on any atom is -0.493 e. The Hall–Kier alpha value is -3.90. The maximum absolute atomic E-state index is 12.6. The summed E-state index contributed by atoms with van der Waals surface area (Å²) in [4.78, 5) is 30.6. The van der Waals surface area contributed by atoms with Gasteiger partial charge < -0.3 is 14.2 Å². The van der Waals surface area contributed by atoms with Crippen LogP contribution in [0.5, 0.6) is 11.5 Å². The first-order chi connectivity index (χ1) is 15.5. The summed E-state index contributed by atoms with van der Waals surface area (Å²) >= 11 is 1.41. The quantitative estimate of drug-likeness (QED) is 0.360. The van der Waals surface area contributed by atoms with E-state index >= 15 is 0 Å². The van der Waals surface area contributed by atoms with Crippen LogP contribution in [-0.2, 0) is 14.3 Å². The molecule has 1 heterocycles. The van der Waals surface area contributed by atoms with Crippen LogP contribution in [-0.4, -0.2) is 43.7 Å². The number of aromatic nitrogens is 1. The fraction of sp³-hybridized carbons (Fsp3) is 0.217. The van der Waals surface area contributed by atoms with Gasteiger partial charge in [-0.3, -0.25) is 9.69 Å². The summed E-state index contributed by atoms with van der Waals surface area (Å²) in [6, 6.07) is 14.5. The lowest BCUT2D eigenvalue weighted by Crippen LogP contribution is -2.34. The van der Waals surface area contributed by atoms with E-state index in [0.29, 0.717) is 28.7 Å². The summed E-state index contributed by atoms with van der Waals surface area (Å²) in [5.74, 6) is -0.148. The number of ether oxygens (including phenoxy) is 3. The van der Waals surface area contributed by atoms with Gasteiger partial charge in [0.15, 0.2) is 29.8 Å². The molecule has 0 saturated heterocycles. The fourth-order valence-electron chi connectivity index (χ4n) is 2.83. The van der Waals surface area contributed by atoms with E-state index in [-0.39, 0.29) is 12.5 Å². The molecule has 0 bridgehead atoms. The van der Waals surface area contributed by atoms with E-state index in [0.717, 1.165) is 10.2 Å². The van der Waals surface area contributed by atoms with E-state index in [4.69, 9.17) is 19.5 Å². The Kier molecular flexibility index (Phi) is 7.78. The fourth-order valence-corrected chi connectivity index (χ4v) is 3.88. The molecule has 3 rings (SSSR count). The molecule has 0 radical (unpaired) electrons. The lowest BCUT2D eigenvalue weighted by molar-refractivity contribution is -0.142. The molecule has 0 fully saturated rings. The predicted octanol–water partition coefficient (Wildman–Crippen LogP) is 3.82. The maximum atomic E-state index is 12.6. The summed E-state index contributed by atoms with van der Waals surface area (Å²) in [6.07, 6.45) is 2.76. The first kappa shape index (κ1) is 22.8. The number of esters is 1. The number of nitrogens with zero attached hydrogens (tertiary/aromatic N) is 3. The number of likely N-dealkylation sites (N-methyl/N-ethyl adjacent to an activating group) is 1. The van der Waals surface area contributed by atoms with Crippen molar-refractivity contribution in [2.24, 2.45) is 0 Å². The lowest BCUT2D eigenvalue weighted by Gasteiger charge is -2.17. The Morgan fingerprint density at radius 3 is 2.75 bits per heavy atom. The van der Waals surface area contributed by atoms with Gasteiger partial charge in [-0.15, -0.1) is 0 Å². The number of hydrogen-bond acceptors (Lipinski definition) is 8. The summed E-state index contributed by atoms with van der Waals surface area (Å²) in [5.41, 5.74) is 1.48. The highest BCUT2D eigenvalue weighted by molar-refractivity contribution is 7.22. The molecule has 0 aliphatic heterocycles. The van der Waals surface area contributed by atoms with Crippen LogP contribution >= 0.6 is 11.3 Å². The molecule has 0 aliphatic rings. The molecule has 0 aliphatic carbocycles. The number of carbonyl (C=O) groups excluding carboxylic acids is 2. The Morgan fingerprint density at radius 2 is 2.03 bits per heavy atom. The van der Waals surface area contributed by atoms with Crippen LogP contribution < -0.4 is 14.4 Å². The van der Waals surface area contributed by atoms with E-state index in [2.05, 4.69) is 4.98 Å². The van der Waals surface area contributed by atoms with Crippen molar-refractivity contribution >= 4 is 44.6 Å². The van der Waals surface area contributed by atoms with Gasteiger partial charge in [-0.1, -0.05) is 29.5 Å².